The standard InChI is InChI=1S/C9H16S/c1-7-6-8(7)10-9(2)4-3-5-9/h7-8H,3-6H2,1-2H3. The Bertz CT molecular complexity index is 138. The van der Waals surface area contributed by atoms with Crippen molar-refractivity contribution in [3.63, 3.8) is 0 Å². The lowest BCUT2D eigenvalue weighted by molar-refractivity contribution is 0.392. The molecule has 0 spiro atoms. The molecule has 2 fully saturated rings. The lowest BCUT2D eigenvalue weighted by Crippen LogP contribution is -2.29. The van der Waals surface area contributed by atoms with Gasteiger partial charge in [-0.2, -0.15) is 11.8 Å². The van der Waals surface area contributed by atoms with Crippen LogP contribution in [0.4, 0.5) is 0 Å². The first kappa shape index (κ1) is 7.02. The number of hydrogen-bond donors (Lipinski definition) is 0. The van der Waals surface area contributed by atoms with Crippen LogP contribution < -0.4 is 0 Å². The molecule has 0 aromatic carbocycles. The number of hydrogen-bond acceptors (Lipinski definition) is 1. The Morgan fingerprint density at radius 3 is 2.30 bits per heavy atom. The van der Waals surface area contributed by atoms with Gasteiger partial charge in [0, 0.05) is 10.00 Å². The lowest BCUT2D eigenvalue weighted by atomic mass is 9.86. The Balaban J connectivity index is 1.79. The van der Waals surface area contributed by atoms with E-state index in [0.717, 1.165) is 11.2 Å². The van der Waals surface area contributed by atoms with Crippen molar-refractivity contribution in [1.29, 1.82) is 0 Å². The number of rotatable bonds is 2. The van der Waals surface area contributed by atoms with E-state index in [1.807, 2.05) is 0 Å². The molecule has 2 aliphatic carbocycles. The van der Waals surface area contributed by atoms with Crippen LogP contribution in [-0.4, -0.2) is 10.00 Å². The van der Waals surface area contributed by atoms with Gasteiger partial charge in [0.1, 0.15) is 0 Å². The van der Waals surface area contributed by atoms with Crippen LogP contribution in [0.5, 0.6) is 0 Å². The first-order valence-corrected chi connectivity index (χ1v) is 5.25. The zero-order valence-corrected chi connectivity index (χ0v) is 7.71. The summed E-state index contributed by atoms with van der Waals surface area (Å²) in [4.78, 5) is 0. The van der Waals surface area contributed by atoms with E-state index in [0.29, 0.717) is 4.75 Å². The van der Waals surface area contributed by atoms with Gasteiger partial charge in [0.05, 0.1) is 0 Å². The van der Waals surface area contributed by atoms with Crippen molar-refractivity contribution in [2.24, 2.45) is 5.92 Å². The van der Waals surface area contributed by atoms with Gasteiger partial charge >= 0.3 is 0 Å². The van der Waals surface area contributed by atoms with Gasteiger partial charge in [-0.05, 0) is 25.2 Å². The molecular formula is C9H16S. The van der Waals surface area contributed by atoms with Crippen LogP contribution in [0, 0.1) is 5.92 Å². The van der Waals surface area contributed by atoms with E-state index in [2.05, 4.69) is 25.6 Å². The molecule has 2 aliphatic rings. The van der Waals surface area contributed by atoms with Crippen molar-refractivity contribution >= 4 is 11.8 Å². The maximum absolute atomic E-state index is 2.44. The summed E-state index contributed by atoms with van der Waals surface area (Å²) < 4.78 is 0.704. The topological polar surface area (TPSA) is 0 Å². The zero-order chi connectivity index (χ0) is 7.19. The van der Waals surface area contributed by atoms with Gasteiger partial charge in [-0.3, -0.25) is 0 Å². The van der Waals surface area contributed by atoms with Gasteiger partial charge in [0.2, 0.25) is 0 Å². The van der Waals surface area contributed by atoms with Crippen LogP contribution in [0.2, 0.25) is 0 Å². The summed E-state index contributed by atoms with van der Waals surface area (Å²) >= 11 is 2.26. The van der Waals surface area contributed by atoms with E-state index in [1.54, 1.807) is 0 Å². The molecule has 0 radical (unpaired) electrons. The lowest BCUT2D eigenvalue weighted by Gasteiger charge is -2.37. The minimum Gasteiger partial charge on any atom is -0.152 e. The molecule has 1 heteroatoms. The normalized spacial score (nSPS) is 42.6. The summed E-state index contributed by atoms with van der Waals surface area (Å²) in [5.74, 6) is 1.03. The Morgan fingerprint density at radius 1 is 1.40 bits per heavy atom. The summed E-state index contributed by atoms with van der Waals surface area (Å²) in [6.45, 7) is 4.81. The van der Waals surface area contributed by atoms with Crippen LogP contribution in [-0.2, 0) is 0 Å². The van der Waals surface area contributed by atoms with E-state index in [4.69, 9.17) is 0 Å². The summed E-state index contributed by atoms with van der Waals surface area (Å²) in [5.41, 5.74) is 0. The van der Waals surface area contributed by atoms with Crippen LogP contribution in [0.1, 0.15) is 39.5 Å². The smallest absolute Gasteiger partial charge is 0.0134 e. The summed E-state index contributed by atoms with van der Waals surface area (Å²) in [6, 6.07) is 0. The molecular weight excluding hydrogens is 140 g/mol. The monoisotopic (exact) mass is 156 g/mol. The molecule has 2 unspecified atom stereocenters. The van der Waals surface area contributed by atoms with Gasteiger partial charge in [0.25, 0.3) is 0 Å². The first-order valence-electron chi connectivity index (χ1n) is 4.37. The predicted octanol–water partition coefficient (Wildman–Crippen LogP) is 3.07. The zero-order valence-electron chi connectivity index (χ0n) is 6.89. The third-order valence-electron chi connectivity index (χ3n) is 2.88. The fourth-order valence-corrected chi connectivity index (χ4v) is 3.50. The fraction of sp³-hybridized carbons (Fsp3) is 1.00. The fourth-order valence-electron chi connectivity index (χ4n) is 1.61. The summed E-state index contributed by atoms with van der Waals surface area (Å²) in [6.07, 6.45) is 5.91. The second-order valence-corrected chi connectivity index (χ2v) is 6.00. The van der Waals surface area contributed by atoms with Crippen molar-refractivity contribution in [1.82, 2.24) is 0 Å². The molecule has 0 N–H and O–H groups in total. The highest BCUT2D eigenvalue weighted by atomic mass is 32.2. The van der Waals surface area contributed by atoms with Gasteiger partial charge < -0.3 is 0 Å². The van der Waals surface area contributed by atoms with Crippen molar-refractivity contribution in [3.05, 3.63) is 0 Å². The predicted molar refractivity (Wildman–Crippen MR) is 47.4 cm³/mol. The summed E-state index contributed by atoms with van der Waals surface area (Å²) in [5, 5.41) is 1.03. The van der Waals surface area contributed by atoms with Gasteiger partial charge in [-0.1, -0.05) is 20.3 Å². The molecule has 0 saturated heterocycles. The van der Waals surface area contributed by atoms with Crippen molar-refractivity contribution in [3.8, 4) is 0 Å². The van der Waals surface area contributed by atoms with Gasteiger partial charge in [0.15, 0.2) is 0 Å². The second kappa shape index (κ2) is 2.17. The third kappa shape index (κ3) is 1.20. The Labute approximate surface area is 67.8 Å². The van der Waals surface area contributed by atoms with Crippen molar-refractivity contribution in [2.45, 2.75) is 49.5 Å². The molecule has 0 aromatic rings. The van der Waals surface area contributed by atoms with E-state index in [1.165, 1.54) is 25.7 Å². The van der Waals surface area contributed by atoms with E-state index in [-0.39, 0.29) is 0 Å². The minimum atomic E-state index is 0.704. The molecule has 0 aliphatic heterocycles. The highest BCUT2D eigenvalue weighted by molar-refractivity contribution is 8.01. The van der Waals surface area contributed by atoms with Gasteiger partial charge in [-0.15, -0.1) is 0 Å². The van der Waals surface area contributed by atoms with E-state index < -0.39 is 0 Å². The SMILES string of the molecule is CC1CC1SC1(C)CCC1. The molecule has 58 valence electrons. The molecule has 2 rings (SSSR count). The minimum absolute atomic E-state index is 0.704. The third-order valence-corrected chi connectivity index (χ3v) is 4.82. The molecule has 2 atom stereocenters. The highest BCUT2D eigenvalue weighted by Crippen LogP contribution is 2.53. The Hall–Kier alpha value is 0.350. The summed E-state index contributed by atoms with van der Waals surface area (Å²) in [7, 11) is 0. The molecule has 10 heavy (non-hydrogen) atoms. The molecule has 0 aromatic heterocycles. The second-order valence-electron chi connectivity index (χ2n) is 4.17. The van der Waals surface area contributed by atoms with Crippen LogP contribution in [0.3, 0.4) is 0 Å². The molecule has 2 saturated carbocycles. The molecule has 0 bridgehead atoms. The molecule has 0 amide bonds. The van der Waals surface area contributed by atoms with Crippen molar-refractivity contribution < 1.29 is 0 Å². The largest absolute Gasteiger partial charge is 0.152 e. The van der Waals surface area contributed by atoms with E-state index >= 15 is 0 Å². The van der Waals surface area contributed by atoms with Crippen molar-refractivity contribution in [2.75, 3.05) is 0 Å². The average Bonchev–Trinajstić information content (AvgIpc) is 2.43. The first-order chi connectivity index (χ1) is 4.70. The van der Waals surface area contributed by atoms with Gasteiger partial charge in [-0.25, -0.2) is 0 Å². The van der Waals surface area contributed by atoms with E-state index in [9.17, 15) is 0 Å². The quantitative estimate of drug-likeness (QED) is 0.592. The maximum Gasteiger partial charge on any atom is 0.0134 e. The molecule has 0 nitrogen and oxygen atoms in total. The van der Waals surface area contributed by atoms with Crippen LogP contribution in [0.25, 0.3) is 0 Å². The Morgan fingerprint density at radius 2 is 2.00 bits per heavy atom. The average molecular weight is 156 g/mol. The number of thioether (sulfide) groups is 1. The van der Waals surface area contributed by atoms with Crippen LogP contribution in [0.15, 0.2) is 0 Å². The maximum atomic E-state index is 2.44. The highest BCUT2D eigenvalue weighted by Gasteiger charge is 2.42. The van der Waals surface area contributed by atoms with Crippen LogP contribution >= 0.6 is 11.8 Å². The molecule has 0 heterocycles. The Kier molecular flexibility index (Phi) is 1.52.